The van der Waals surface area contributed by atoms with Gasteiger partial charge in [0.1, 0.15) is 32.6 Å². The maximum absolute atomic E-state index is 2.70. The second-order valence-corrected chi connectivity index (χ2v) is 2.08. The van der Waals surface area contributed by atoms with Crippen LogP contribution in [0.3, 0.4) is 0 Å². The lowest BCUT2D eigenvalue weighted by atomic mass is 10.7. The Morgan fingerprint density at radius 1 is 1.29 bits per heavy atom. The standard InChI is InChI=1S/C4H9N.2Al/c1-4-5(2)3;;/h2-4H2,1H3;;. The van der Waals surface area contributed by atoms with Gasteiger partial charge in [0, 0.05) is 0 Å². The van der Waals surface area contributed by atoms with Gasteiger partial charge >= 0.3 is 0 Å². The Hall–Kier alpha value is 1.02. The fourth-order valence-corrected chi connectivity index (χ4v) is 1.45. The third-order valence-electron chi connectivity index (χ3n) is 0.964. The van der Waals surface area contributed by atoms with Crippen molar-refractivity contribution in [1.82, 2.24) is 4.90 Å². The molecule has 0 saturated carbocycles. The molecule has 0 aliphatic heterocycles. The molecule has 3 heteroatoms. The molecule has 7 heavy (non-hydrogen) atoms. The van der Waals surface area contributed by atoms with Crippen molar-refractivity contribution in [2.45, 2.75) is 6.92 Å². The molecule has 0 fully saturated rings. The second-order valence-electron chi connectivity index (χ2n) is 1.35. The summed E-state index contributed by atoms with van der Waals surface area (Å²) in [5.41, 5.74) is 0. The highest BCUT2D eigenvalue weighted by molar-refractivity contribution is 6.11. The molecule has 0 heterocycles. The molecule has 0 unspecified atom stereocenters. The Morgan fingerprint density at radius 3 is 1.71 bits per heavy atom. The largest absolute Gasteiger partial charge is 0.335 e. The van der Waals surface area contributed by atoms with Crippen LogP contribution < -0.4 is 0 Å². The first-order valence-electron chi connectivity index (χ1n) is 2.47. The zero-order valence-electron chi connectivity index (χ0n) is 4.72. The van der Waals surface area contributed by atoms with E-state index in [0.717, 1.165) is 17.4 Å². The summed E-state index contributed by atoms with van der Waals surface area (Å²) < 4.78 is 0. The molecule has 0 bridgehead atoms. The van der Waals surface area contributed by atoms with Gasteiger partial charge in [-0.05, 0) is 6.54 Å². The summed E-state index contributed by atoms with van der Waals surface area (Å²) in [6.45, 7) is 3.31. The molecule has 1 nitrogen and oxygen atoms in total. The van der Waals surface area contributed by atoms with Crippen LogP contribution in [0.15, 0.2) is 0 Å². The van der Waals surface area contributed by atoms with Crippen molar-refractivity contribution < 1.29 is 0 Å². The fraction of sp³-hybridized carbons (Fsp3) is 1.00. The highest BCUT2D eigenvalue weighted by atomic mass is 27.1. The molecule has 0 saturated heterocycles. The molecule has 0 N–H and O–H groups in total. The van der Waals surface area contributed by atoms with E-state index in [1.807, 2.05) is 0 Å². The SMILES string of the molecule is CCN([CH2][Al])[CH2][Al]. The van der Waals surface area contributed by atoms with Crippen molar-refractivity contribution in [1.29, 1.82) is 0 Å². The number of nitrogens with zero attached hydrogens (tertiary/aromatic N) is 1. The van der Waals surface area contributed by atoms with Crippen molar-refractivity contribution in [3.05, 3.63) is 0 Å². The minimum Gasteiger partial charge on any atom is -0.335 e. The Morgan fingerprint density at radius 2 is 1.71 bits per heavy atom. The predicted octanol–water partition coefficient (Wildman–Crippen LogP) is -0.440. The van der Waals surface area contributed by atoms with Crippen molar-refractivity contribution in [3.63, 3.8) is 0 Å². The summed E-state index contributed by atoms with van der Waals surface area (Å²) in [5.74, 6) is 0. The summed E-state index contributed by atoms with van der Waals surface area (Å²) in [6, 6.07) is 0. The maximum Gasteiger partial charge on any atom is 0.143 e. The summed E-state index contributed by atoms with van der Waals surface area (Å²) in [4.78, 5) is 2.30. The summed E-state index contributed by atoms with van der Waals surface area (Å²) in [7, 11) is 0. The van der Waals surface area contributed by atoms with E-state index in [-0.39, 0.29) is 0 Å². The quantitative estimate of drug-likeness (QED) is 0.462. The van der Waals surface area contributed by atoms with Crippen molar-refractivity contribution in [2.24, 2.45) is 0 Å². The lowest BCUT2D eigenvalue weighted by Crippen LogP contribution is -2.25. The molecule has 0 aromatic carbocycles. The van der Waals surface area contributed by atoms with Crippen LogP contribution in [0.25, 0.3) is 0 Å². The molecule has 4 radical (unpaired) electrons. The van der Waals surface area contributed by atoms with Crippen LogP contribution in [0.4, 0.5) is 0 Å². The van der Waals surface area contributed by atoms with Crippen LogP contribution in [-0.2, 0) is 0 Å². The van der Waals surface area contributed by atoms with Gasteiger partial charge in [-0.1, -0.05) is 17.7 Å². The zero-order chi connectivity index (χ0) is 5.70. The smallest absolute Gasteiger partial charge is 0.143 e. The van der Waals surface area contributed by atoms with Gasteiger partial charge in [-0.25, -0.2) is 0 Å². The Balaban J connectivity index is 2.99. The van der Waals surface area contributed by atoms with E-state index < -0.39 is 0 Å². The molecular weight excluding hydrogens is 116 g/mol. The van der Waals surface area contributed by atoms with Gasteiger partial charge in [0.25, 0.3) is 0 Å². The molecule has 36 valence electrons. The normalized spacial score (nSPS) is 10.0. The molecule has 0 aliphatic rings. The van der Waals surface area contributed by atoms with Gasteiger partial charge in [0.15, 0.2) is 0 Å². The van der Waals surface area contributed by atoms with Crippen LogP contribution >= 0.6 is 0 Å². The zero-order valence-corrected chi connectivity index (χ0v) is 7.03. The Kier molecular flexibility index (Phi) is 5.92. The van der Waals surface area contributed by atoms with Crippen molar-refractivity contribution in [2.75, 3.05) is 17.4 Å². The lowest BCUT2D eigenvalue weighted by Gasteiger charge is -2.15. The molecule has 0 aliphatic carbocycles. The molecule has 0 amide bonds. The molecule has 0 aromatic heterocycles. The van der Waals surface area contributed by atoms with Crippen molar-refractivity contribution in [3.8, 4) is 0 Å². The van der Waals surface area contributed by atoms with Gasteiger partial charge in [0.05, 0.1) is 0 Å². The number of hydrogen-bond donors (Lipinski definition) is 0. The highest BCUT2D eigenvalue weighted by Crippen LogP contribution is 1.76. The molecule has 0 spiro atoms. The average Bonchev–Trinajstić information content (AvgIpc) is 1.72. The summed E-state index contributed by atoms with van der Waals surface area (Å²) in [6.07, 6.45) is 0. The molecule has 0 aromatic rings. The summed E-state index contributed by atoms with van der Waals surface area (Å²) in [5, 5.41) is 2.17. The molecule has 0 atom stereocenters. The van der Waals surface area contributed by atoms with E-state index in [4.69, 9.17) is 0 Å². The van der Waals surface area contributed by atoms with Crippen LogP contribution in [-0.4, -0.2) is 54.8 Å². The van der Waals surface area contributed by atoms with Gasteiger partial charge < -0.3 is 4.90 Å². The monoisotopic (exact) mass is 125 g/mol. The van der Waals surface area contributed by atoms with E-state index in [0.29, 0.717) is 0 Å². The van der Waals surface area contributed by atoms with Gasteiger partial charge in [-0.2, -0.15) is 0 Å². The van der Waals surface area contributed by atoms with E-state index in [1.165, 1.54) is 0 Å². The minimum absolute atomic E-state index is 1.08. The van der Waals surface area contributed by atoms with E-state index in [2.05, 4.69) is 44.4 Å². The van der Waals surface area contributed by atoms with Crippen LogP contribution in [0.2, 0.25) is 0 Å². The van der Waals surface area contributed by atoms with Crippen LogP contribution in [0.1, 0.15) is 6.92 Å². The Labute approximate surface area is 61.9 Å². The van der Waals surface area contributed by atoms with Gasteiger partial charge in [0.2, 0.25) is 0 Å². The van der Waals surface area contributed by atoms with E-state index in [9.17, 15) is 0 Å². The van der Waals surface area contributed by atoms with Crippen LogP contribution in [0.5, 0.6) is 0 Å². The predicted molar refractivity (Wildman–Crippen MR) is 33.6 cm³/mol. The van der Waals surface area contributed by atoms with Gasteiger partial charge in [-0.3, -0.25) is 0 Å². The number of rotatable bonds is 3. The average molecular weight is 125 g/mol. The topological polar surface area (TPSA) is 3.24 Å². The molecular formula is C4H9Al2N. The number of hydrogen-bond acceptors (Lipinski definition) is 1. The Bertz CT molecular complexity index is 31.2. The third-order valence-corrected chi connectivity index (χ3v) is 2.00. The van der Waals surface area contributed by atoms with Gasteiger partial charge in [-0.15, -0.1) is 0 Å². The van der Waals surface area contributed by atoms with Crippen molar-refractivity contribution >= 4 is 32.6 Å². The highest BCUT2D eigenvalue weighted by Gasteiger charge is 1.87. The maximum atomic E-state index is 2.70. The first kappa shape index (κ1) is 8.02. The van der Waals surface area contributed by atoms with E-state index in [1.54, 1.807) is 0 Å². The van der Waals surface area contributed by atoms with Crippen LogP contribution in [0, 0.1) is 0 Å². The molecule has 0 rings (SSSR count). The first-order valence-corrected chi connectivity index (χ1v) is 4.11. The lowest BCUT2D eigenvalue weighted by molar-refractivity contribution is 0.391. The minimum atomic E-state index is 1.08. The van der Waals surface area contributed by atoms with E-state index >= 15 is 0 Å². The fourth-order valence-electron chi connectivity index (χ4n) is 0.333. The third kappa shape index (κ3) is 3.59. The summed E-state index contributed by atoms with van der Waals surface area (Å²) >= 11 is 5.39. The second kappa shape index (κ2) is 5.17. The first-order chi connectivity index (χ1) is 3.35.